The smallest absolute Gasteiger partial charge is 0.315 e. The maximum atomic E-state index is 11.4. The van der Waals surface area contributed by atoms with Crippen LogP contribution in [0.2, 0.25) is 0 Å². The number of nitrogens with two attached hydrogens (primary N) is 1. The zero-order valence-corrected chi connectivity index (χ0v) is 10.2. The average Bonchev–Trinajstić information content (AvgIpc) is 2.30. The van der Waals surface area contributed by atoms with E-state index in [9.17, 15) is 4.79 Å². The molecule has 4 nitrogen and oxygen atoms in total. The van der Waals surface area contributed by atoms with Crippen molar-refractivity contribution in [3.8, 4) is 0 Å². The summed E-state index contributed by atoms with van der Waals surface area (Å²) in [5.41, 5.74) is 6.67. The molecular formula is C13H19N3O. The van der Waals surface area contributed by atoms with E-state index in [2.05, 4.69) is 24.1 Å². The third-order valence-electron chi connectivity index (χ3n) is 3.28. The van der Waals surface area contributed by atoms with E-state index >= 15 is 0 Å². The standard InChI is InChI=1S/C13H19N3O/c1-15-7-8-16(13(14)17)12(10-15)9-11-5-3-2-4-6-11/h2-6,12H,7-10H2,1H3,(H2,14,17)/t12-/m0/s1. The van der Waals surface area contributed by atoms with E-state index in [-0.39, 0.29) is 12.1 Å². The lowest BCUT2D eigenvalue weighted by Gasteiger charge is -2.39. The summed E-state index contributed by atoms with van der Waals surface area (Å²) < 4.78 is 0. The van der Waals surface area contributed by atoms with Gasteiger partial charge in [-0.15, -0.1) is 0 Å². The van der Waals surface area contributed by atoms with Gasteiger partial charge in [-0.25, -0.2) is 4.79 Å². The number of rotatable bonds is 2. The van der Waals surface area contributed by atoms with Crippen molar-refractivity contribution in [2.45, 2.75) is 12.5 Å². The van der Waals surface area contributed by atoms with Gasteiger partial charge in [-0.2, -0.15) is 0 Å². The Morgan fingerprint density at radius 3 is 2.71 bits per heavy atom. The van der Waals surface area contributed by atoms with Crippen LogP contribution in [0.15, 0.2) is 30.3 Å². The van der Waals surface area contributed by atoms with Crippen LogP contribution in [0.4, 0.5) is 4.79 Å². The Hall–Kier alpha value is -1.55. The van der Waals surface area contributed by atoms with Crippen LogP contribution in [0.3, 0.4) is 0 Å². The molecule has 0 aromatic heterocycles. The lowest BCUT2D eigenvalue weighted by molar-refractivity contribution is 0.114. The van der Waals surface area contributed by atoms with Gasteiger partial charge in [0, 0.05) is 19.6 Å². The SMILES string of the molecule is CN1CCN(C(N)=O)[C@@H](Cc2ccccc2)C1. The zero-order valence-electron chi connectivity index (χ0n) is 10.2. The lowest BCUT2D eigenvalue weighted by atomic mass is 10.0. The molecule has 0 bridgehead atoms. The minimum Gasteiger partial charge on any atom is -0.351 e. The van der Waals surface area contributed by atoms with Crippen LogP contribution in [-0.4, -0.2) is 48.6 Å². The second-order valence-electron chi connectivity index (χ2n) is 4.64. The van der Waals surface area contributed by atoms with Gasteiger partial charge < -0.3 is 15.5 Å². The van der Waals surface area contributed by atoms with Crippen LogP contribution in [-0.2, 0) is 6.42 Å². The fourth-order valence-corrected chi connectivity index (χ4v) is 2.36. The molecular weight excluding hydrogens is 214 g/mol. The van der Waals surface area contributed by atoms with Crippen LogP contribution in [0.1, 0.15) is 5.56 Å². The van der Waals surface area contributed by atoms with Crippen molar-refractivity contribution in [3.63, 3.8) is 0 Å². The van der Waals surface area contributed by atoms with E-state index in [0.717, 1.165) is 26.1 Å². The van der Waals surface area contributed by atoms with Crippen molar-refractivity contribution in [1.82, 2.24) is 9.80 Å². The maximum absolute atomic E-state index is 11.4. The van der Waals surface area contributed by atoms with Crippen molar-refractivity contribution < 1.29 is 4.79 Å². The minimum atomic E-state index is -0.306. The van der Waals surface area contributed by atoms with Crippen LogP contribution in [0, 0.1) is 0 Å². The third kappa shape index (κ3) is 2.97. The topological polar surface area (TPSA) is 49.6 Å². The van der Waals surface area contributed by atoms with Gasteiger partial charge in [-0.1, -0.05) is 30.3 Å². The Morgan fingerprint density at radius 1 is 1.35 bits per heavy atom. The Labute approximate surface area is 102 Å². The molecule has 0 saturated carbocycles. The number of urea groups is 1. The Morgan fingerprint density at radius 2 is 2.06 bits per heavy atom. The quantitative estimate of drug-likeness (QED) is 0.826. The third-order valence-corrected chi connectivity index (χ3v) is 3.28. The fraction of sp³-hybridized carbons (Fsp3) is 0.462. The van der Waals surface area contributed by atoms with E-state index in [1.54, 1.807) is 4.90 Å². The van der Waals surface area contributed by atoms with Gasteiger partial charge in [0.05, 0.1) is 6.04 Å². The van der Waals surface area contributed by atoms with Crippen molar-refractivity contribution in [1.29, 1.82) is 0 Å². The predicted molar refractivity (Wildman–Crippen MR) is 67.7 cm³/mol. The van der Waals surface area contributed by atoms with Crippen LogP contribution in [0.5, 0.6) is 0 Å². The Balaban J connectivity index is 2.08. The van der Waals surface area contributed by atoms with E-state index in [0.29, 0.717) is 0 Å². The number of carbonyl (C=O) groups excluding carboxylic acids is 1. The molecule has 1 aliphatic rings. The van der Waals surface area contributed by atoms with Crippen molar-refractivity contribution in [2.75, 3.05) is 26.7 Å². The van der Waals surface area contributed by atoms with Gasteiger partial charge in [-0.05, 0) is 19.0 Å². The molecule has 1 fully saturated rings. The number of carbonyl (C=O) groups is 1. The molecule has 2 N–H and O–H groups in total. The highest BCUT2D eigenvalue weighted by Crippen LogP contribution is 2.13. The number of piperazine rings is 1. The summed E-state index contributed by atoms with van der Waals surface area (Å²) in [6, 6.07) is 10.1. The molecule has 17 heavy (non-hydrogen) atoms. The number of hydrogen-bond donors (Lipinski definition) is 1. The number of amides is 2. The number of primary amides is 1. The molecule has 1 aliphatic heterocycles. The summed E-state index contributed by atoms with van der Waals surface area (Å²) in [7, 11) is 2.08. The van der Waals surface area contributed by atoms with Crippen LogP contribution < -0.4 is 5.73 Å². The van der Waals surface area contributed by atoms with Crippen LogP contribution >= 0.6 is 0 Å². The monoisotopic (exact) mass is 233 g/mol. The van der Waals surface area contributed by atoms with Gasteiger partial charge >= 0.3 is 6.03 Å². The molecule has 1 aromatic rings. The predicted octanol–water partition coefficient (Wildman–Crippen LogP) is 0.924. The summed E-state index contributed by atoms with van der Waals surface area (Å²) in [4.78, 5) is 15.4. The second-order valence-corrected chi connectivity index (χ2v) is 4.64. The molecule has 1 aromatic carbocycles. The summed E-state index contributed by atoms with van der Waals surface area (Å²) in [6.07, 6.45) is 0.869. The maximum Gasteiger partial charge on any atom is 0.315 e. The first kappa shape index (κ1) is 11.9. The first-order valence-electron chi connectivity index (χ1n) is 5.95. The molecule has 0 aliphatic carbocycles. The van der Waals surface area contributed by atoms with E-state index < -0.39 is 0 Å². The normalized spacial score (nSPS) is 21.5. The fourth-order valence-electron chi connectivity index (χ4n) is 2.36. The number of hydrogen-bond acceptors (Lipinski definition) is 2. The minimum absolute atomic E-state index is 0.189. The van der Waals surface area contributed by atoms with Gasteiger partial charge in [0.15, 0.2) is 0 Å². The molecule has 4 heteroatoms. The van der Waals surface area contributed by atoms with E-state index in [1.165, 1.54) is 5.56 Å². The summed E-state index contributed by atoms with van der Waals surface area (Å²) >= 11 is 0. The highest BCUT2D eigenvalue weighted by Gasteiger charge is 2.27. The van der Waals surface area contributed by atoms with Gasteiger partial charge in [-0.3, -0.25) is 0 Å². The molecule has 92 valence electrons. The first-order chi connectivity index (χ1) is 8.16. The highest BCUT2D eigenvalue weighted by molar-refractivity contribution is 5.72. The number of likely N-dealkylation sites (N-methyl/N-ethyl adjacent to an activating group) is 1. The molecule has 0 spiro atoms. The molecule has 2 rings (SSSR count). The van der Waals surface area contributed by atoms with Crippen molar-refractivity contribution >= 4 is 6.03 Å². The van der Waals surface area contributed by atoms with Crippen LogP contribution in [0.25, 0.3) is 0 Å². The summed E-state index contributed by atoms with van der Waals surface area (Å²) in [5.74, 6) is 0. The van der Waals surface area contributed by atoms with E-state index in [1.807, 2.05) is 18.2 Å². The molecule has 1 atom stereocenters. The highest BCUT2D eigenvalue weighted by atomic mass is 16.2. The summed E-state index contributed by atoms with van der Waals surface area (Å²) in [6.45, 7) is 2.51. The Kier molecular flexibility index (Phi) is 3.64. The van der Waals surface area contributed by atoms with Crippen molar-refractivity contribution in [2.24, 2.45) is 5.73 Å². The number of benzene rings is 1. The largest absolute Gasteiger partial charge is 0.351 e. The average molecular weight is 233 g/mol. The molecule has 1 heterocycles. The van der Waals surface area contributed by atoms with Gasteiger partial charge in [0.2, 0.25) is 0 Å². The van der Waals surface area contributed by atoms with E-state index in [4.69, 9.17) is 5.73 Å². The Bertz CT molecular complexity index is 380. The summed E-state index contributed by atoms with van der Waals surface area (Å²) in [5, 5.41) is 0. The van der Waals surface area contributed by atoms with Gasteiger partial charge in [0.25, 0.3) is 0 Å². The molecule has 0 radical (unpaired) electrons. The number of nitrogens with zero attached hydrogens (tertiary/aromatic N) is 2. The molecule has 1 saturated heterocycles. The zero-order chi connectivity index (χ0) is 12.3. The lowest BCUT2D eigenvalue weighted by Crippen LogP contribution is -2.56. The van der Waals surface area contributed by atoms with Crippen molar-refractivity contribution in [3.05, 3.63) is 35.9 Å². The second kappa shape index (κ2) is 5.19. The molecule has 0 unspecified atom stereocenters. The first-order valence-corrected chi connectivity index (χ1v) is 5.95. The molecule has 2 amide bonds. The van der Waals surface area contributed by atoms with Gasteiger partial charge in [0.1, 0.15) is 0 Å².